The Morgan fingerprint density at radius 2 is 2.00 bits per heavy atom. The number of Topliss-reactive ketones (excluding diaryl/α,β-unsaturated/α-hetero) is 1. The zero-order chi connectivity index (χ0) is 15.4. The lowest BCUT2D eigenvalue weighted by Crippen LogP contribution is -2.48. The first kappa shape index (κ1) is 15.3. The van der Waals surface area contributed by atoms with Gasteiger partial charge in [0, 0.05) is 18.4 Å². The van der Waals surface area contributed by atoms with E-state index in [9.17, 15) is 9.59 Å². The van der Waals surface area contributed by atoms with Crippen LogP contribution >= 0.6 is 0 Å². The number of nitrogens with zero attached hydrogens (tertiary/aromatic N) is 1. The van der Waals surface area contributed by atoms with Crippen LogP contribution in [-0.4, -0.2) is 37.0 Å². The smallest absolute Gasteiger partial charge is 0.322 e. The Bertz CT molecular complexity index is 566. The molecule has 2 amide bonds. The van der Waals surface area contributed by atoms with Crippen LogP contribution in [0.3, 0.4) is 0 Å². The summed E-state index contributed by atoms with van der Waals surface area (Å²) in [6.07, 6.45) is 0. The van der Waals surface area contributed by atoms with E-state index in [1.165, 1.54) is 6.92 Å². The highest BCUT2D eigenvalue weighted by molar-refractivity contribution is 5.98. The number of nitrogens with one attached hydrogen (secondary N) is 1. The van der Waals surface area contributed by atoms with Gasteiger partial charge in [0.15, 0.2) is 5.78 Å². The van der Waals surface area contributed by atoms with Crippen LogP contribution < -0.4 is 5.32 Å². The van der Waals surface area contributed by atoms with Gasteiger partial charge in [-0.15, -0.1) is 0 Å². The molecule has 1 aliphatic rings. The maximum absolute atomic E-state index is 12.3. The second kappa shape index (κ2) is 6.54. The molecule has 0 saturated heterocycles. The first-order valence-electron chi connectivity index (χ1n) is 6.90. The summed E-state index contributed by atoms with van der Waals surface area (Å²) in [5.74, 6) is -0.0382. The van der Waals surface area contributed by atoms with Gasteiger partial charge >= 0.3 is 6.03 Å². The predicted octanol–water partition coefficient (Wildman–Crippen LogP) is 2.26. The third-order valence-electron chi connectivity index (χ3n) is 3.63. The summed E-state index contributed by atoms with van der Waals surface area (Å²) in [5, 5.41) is 2.91. The maximum Gasteiger partial charge on any atom is 0.322 e. The van der Waals surface area contributed by atoms with Gasteiger partial charge in [0.2, 0.25) is 0 Å². The van der Waals surface area contributed by atoms with Gasteiger partial charge in [-0.05, 0) is 19.4 Å². The number of benzene rings is 1. The molecule has 0 aliphatic carbocycles. The topological polar surface area (TPSA) is 58.6 Å². The molecule has 1 aromatic rings. The van der Waals surface area contributed by atoms with Crippen LogP contribution in [0, 0.1) is 0 Å². The number of allylic oxidation sites excluding steroid dienone is 1. The Hall–Kier alpha value is -2.14. The molecule has 0 fully saturated rings. The summed E-state index contributed by atoms with van der Waals surface area (Å²) in [5.41, 5.74) is 2.22. The van der Waals surface area contributed by atoms with E-state index in [2.05, 4.69) is 5.32 Å². The minimum atomic E-state index is -0.394. The maximum atomic E-state index is 12.3. The van der Waals surface area contributed by atoms with Crippen LogP contribution in [0.25, 0.3) is 0 Å². The minimum Gasteiger partial charge on any atom is -0.383 e. The van der Waals surface area contributed by atoms with Crippen molar-refractivity contribution in [3.05, 3.63) is 47.2 Å². The quantitative estimate of drug-likeness (QED) is 0.904. The van der Waals surface area contributed by atoms with Crippen molar-refractivity contribution in [3.8, 4) is 0 Å². The number of hydrogen-bond acceptors (Lipinski definition) is 3. The molecule has 1 aromatic carbocycles. The number of amides is 2. The summed E-state index contributed by atoms with van der Waals surface area (Å²) in [4.78, 5) is 25.9. The van der Waals surface area contributed by atoms with Crippen molar-refractivity contribution in [3.63, 3.8) is 0 Å². The van der Waals surface area contributed by atoms with E-state index < -0.39 is 6.04 Å². The molecular weight excluding hydrogens is 268 g/mol. The highest BCUT2D eigenvalue weighted by atomic mass is 16.5. The fourth-order valence-electron chi connectivity index (χ4n) is 2.59. The van der Waals surface area contributed by atoms with Crippen LogP contribution in [0.15, 0.2) is 41.6 Å². The fourth-order valence-corrected chi connectivity index (χ4v) is 2.59. The lowest BCUT2D eigenvalue weighted by molar-refractivity contribution is -0.114. The number of hydrogen-bond donors (Lipinski definition) is 1. The SMILES string of the molecule is COCCN1C(=O)N[C@@H](c2ccccc2)C(C(C)=O)=C1C. The van der Waals surface area contributed by atoms with Crippen molar-refractivity contribution in [2.45, 2.75) is 19.9 Å². The molecule has 0 bridgehead atoms. The Morgan fingerprint density at radius 1 is 1.33 bits per heavy atom. The Kier molecular flexibility index (Phi) is 4.75. The molecule has 112 valence electrons. The van der Waals surface area contributed by atoms with Crippen LogP contribution in [0.2, 0.25) is 0 Å². The lowest BCUT2D eigenvalue weighted by Gasteiger charge is -2.35. The number of carbonyl (C=O) groups is 2. The summed E-state index contributed by atoms with van der Waals surface area (Å²) in [6, 6.07) is 8.91. The molecule has 5 nitrogen and oxygen atoms in total. The monoisotopic (exact) mass is 288 g/mol. The van der Waals surface area contributed by atoms with E-state index in [4.69, 9.17) is 4.74 Å². The van der Waals surface area contributed by atoms with E-state index in [1.54, 1.807) is 18.9 Å². The second-order valence-corrected chi connectivity index (χ2v) is 4.99. The third-order valence-corrected chi connectivity index (χ3v) is 3.63. The number of ketones is 1. The van der Waals surface area contributed by atoms with Gasteiger partial charge < -0.3 is 10.1 Å². The van der Waals surface area contributed by atoms with Gasteiger partial charge in [0.25, 0.3) is 0 Å². The number of methoxy groups -OCH3 is 1. The molecule has 0 radical (unpaired) electrons. The molecule has 0 spiro atoms. The van der Waals surface area contributed by atoms with Gasteiger partial charge in [-0.1, -0.05) is 30.3 Å². The van der Waals surface area contributed by atoms with Gasteiger partial charge in [-0.3, -0.25) is 9.69 Å². The van der Waals surface area contributed by atoms with Crippen molar-refractivity contribution in [2.75, 3.05) is 20.3 Å². The van der Waals surface area contributed by atoms with Crippen molar-refractivity contribution in [1.29, 1.82) is 0 Å². The van der Waals surface area contributed by atoms with E-state index in [1.807, 2.05) is 30.3 Å². The highest BCUT2D eigenvalue weighted by Gasteiger charge is 2.33. The van der Waals surface area contributed by atoms with Crippen molar-refractivity contribution in [1.82, 2.24) is 10.2 Å². The van der Waals surface area contributed by atoms with E-state index in [0.717, 1.165) is 5.56 Å². The molecule has 1 heterocycles. The van der Waals surface area contributed by atoms with Crippen LogP contribution in [0.4, 0.5) is 4.79 Å². The van der Waals surface area contributed by atoms with Gasteiger partial charge in [0.1, 0.15) is 0 Å². The fraction of sp³-hybridized carbons (Fsp3) is 0.375. The number of urea groups is 1. The van der Waals surface area contributed by atoms with E-state index in [0.29, 0.717) is 24.4 Å². The average Bonchev–Trinajstić information content (AvgIpc) is 2.47. The van der Waals surface area contributed by atoms with Gasteiger partial charge in [-0.25, -0.2) is 4.79 Å². The van der Waals surface area contributed by atoms with Crippen LogP contribution in [0.1, 0.15) is 25.5 Å². The molecule has 5 heteroatoms. The van der Waals surface area contributed by atoms with Crippen molar-refractivity contribution in [2.24, 2.45) is 0 Å². The number of ether oxygens (including phenoxy) is 1. The molecule has 0 aromatic heterocycles. The summed E-state index contributed by atoms with van der Waals surface area (Å²) in [6.45, 7) is 4.18. The first-order chi connectivity index (χ1) is 10.1. The zero-order valence-electron chi connectivity index (χ0n) is 12.6. The minimum absolute atomic E-state index is 0.0382. The normalized spacial score (nSPS) is 18.7. The molecule has 0 saturated carbocycles. The van der Waals surface area contributed by atoms with Gasteiger partial charge in [-0.2, -0.15) is 0 Å². The predicted molar refractivity (Wildman–Crippen MR) is 79.7 cm³/mol. The molecule has 1 atom stereocenters. The summed E-state index contributed by atoms with van der Waals surface area (Å²) >= 11 is 0. The van der Waals surface area contributed by atoms with Crippen molar-refractivity contribution >= 4 is 11.8 Å². The molecular formula is C16H20N2O3. The number of carbonyl (C=O) groups excluding carboxylic acids is 2. The second-order valence-electron chi connectivity index (χ2n) is 4.99. The van der Waals surface area contributed by atoms with Crippen LogP contribution in [0.5, 0.6) is 0 Å². The van der Waals surface area contributed by atoms with Gasteiger partial charge in [0.05, 0.1) is 19.2 Å². The van der Waals surface area contributed by atoms with E-state index >= 15 is 0 Å². The standard InChI is InChI=1S/C16H20N2O3/c1-11-14(12(2)19)15(13-7-5-4-6-8-13)17-16(20)18(11)9-10-21-3/h4-8,15H,9-10H2,1-3H3,(H,17,20)/t15-/m0/s1. The summed E-state index contributed by atoms with van der Waals surface area (Å²) < 4.78 is 5.02. The average molecular weight is 288 g/mol. The summed E-state index contributed by atoms with van der Waals surface area (Å²) in [7, 11) is 1.58. The third kappa shape index (κ3) is 3.13. The highest BCUT2D eigenvalue weighted by Crippen LogP contribution is 2.30. The molecule has 0 unspecified atom stereocenters. The molecule has 21 heavy (non-hydrogen) atoms. The van der Waals surface area contributed by atoms with Crippen molar-refractivity contribution < 1.29 is 14.3 Å². The Morgan fingerprint density at radius 3 is 2.57 bits per heavy atom. The molecule has 2 rings (SSSR count). The molecule has 1 aliphatic heterocycles. The molecule has 1 N–H and O–H groups in total. The first-order valence-corrected chi connectivity index (χ1v) is 6.90. The lowest BCUT2D eigenvalue weighted by atomic mass is 9.92. The number of rotatable bonds is 5. The Labute approximate surface area is 124 Å². The van der Waals surface area contributed by atoms with E-state index in [-0.39, 0.29) is 11.8 Å². The van der Waals surface area contributed by atoms with Crippen LogP contribution in [-0.2, 0) is 9.53 Å². The Balaban J connectivity index is 2.42. The largest absolute Gasteiger partial charge is 0.383 e. The zero-order valence-corrected chi connectivity index (χ0v) is 12.6.